The SMILES string of the molecule is CCC(=O)C(Oc1ccccc1[CH]=[Ru]([Cl])[Cl])C1CCCCC1. The van der Waals surface area contributed by atoms with Crippen LogP contribution < -0.4 is 4.74 Å². The second-order valence-corrected chi connectivity index (χ2v) is 11.3. The van der Waals surface area contributed by atoms with E-state index < -0.39 is 13.5 Å². The molecule has 0 heterocycles. The molecule has 0 spiro atoms. The molecule has 0 bridgehead atoms. The summed E-state index contributed by atoms with van der Waals surface area (Å²) in [6, 6.07) is 7.69. The first-order valence-electron chi connectivity index (χ1n) is 7.73. The third kappa shape index (κ3) is 5.15. The van der Waals surface area contributed by atoms with Gasteiger partial charge in [0.05, 0.1) is 0 Å². The minimum atomic E-state index is -1.92. The Bertz CT molecular complexity index is 535. The molecule has 2 rings (SSSR count). The predicted octanol–water partition coefficient (Wildman–Crippen LogP) is 5.07. The van der Waals surface area contributed by atoms with E-state index >= 15 is 0 Å². The van der Waals surface area contributed by atoms with Crippen LogP contribution in [0.4, 0.5) is 0 Å². The van der Waals surface area contributed by atoms with Crippen LogP contribution in [0.2, 0.25) is 0 Å². The molecule has 1 saturated carbocycles. The van der Waals surface area contributed by atoms with Gasteiger partial charge in [-0.15, -0.1) is 0 Å². The van der Waals surface area contributed by atoms with Crippen molar-refractivity contribution in [2.75, 3.05) is 0 Å². The van der Waals surface area contributed by atoms with E-state index in [9.17, 15) is 4.79 Å². The molecule has 0 aliphatic heterocycles. The molecule has 1 unspecified atom stereocenters. The van der Waals surface area contributed by atoms with Crippen LogP contribution in [0, 0.1) is 5.92 Å². The monoisotopic (exact) mass is 430 g/mol. The number of hydrogen-bond acceptors (Lipinski definition) is 2. The molecular formula is C17H22Cl2O2Ru. The number of para-hydroxylation sites is 1. The molecule has 2 nitrogen and oxygen atoms in total. The molecule has 0 aromatic heterocycles. The van der Waals surface area contributed by atoms with Gasteiger partial charge in [-0.2, -0.15) is 0 Å². The van der Waals surface area contributed by atoms with Crippen molar-refractivity contribution in [2.45, 2.75) is 51.6 Å². The standard InChI is InChI=1S/C17H22O2.2ClH.Ru/c1-3-15(18)17(14-10-5-4-6-11-14)19-16-12-8-7-9-13(16)2;;;/h2,7-9,12,14,17H,3-6,10-11H2,1H3;2*1H;/q;;;+2/p-2. The Kier molecular flexibility index (Phi) is 7.53. The zero-order chi connectivity index (χ0) is 15.9. The van der Waals surface area contributed by atoms with E-state index in [1.165, 1.54) is 19.3 Å². The molecular weight excluding hydrogens is 408 g/mol. The van der Waals surface area contributed by atoms with Crippen molar-refractivity contribution in [3.05, 3.63) is 29.8 Å². The second-order valence-electron chi connectivity index (χ2n) is 5.60. The van der Waals surface area contributed by atoms with Gasteiger partial charge >= 0.3 is 146 Å². The van der Waals surface area contributed by atoms with E-state index in [4.69, 9.17) is 24.1 Å². The van der Waals surface area contributed by atoms with Gasteiger partial charge in [-0.3, -0.25) is 0 Å². The van der Waals surface area contributed by atoms with Gasteiger partial charge < -0.3 is 0 Å². The van der Waals surface area contributed by atoms with E-state index in [2.05, 4.69) is 0 Å². The number of benzene rings is 1. The fraction of sp³-hybridized carbons (Fsp3) is 0.529. The van der Waals surface area contributed by atoms with Crippen molar-refractivity contribution in [1.29, 1.82) is 0 Å². The number of ether oxygens (including phenoxy) is 1. The second kappa shape index (κ2) is 9.15. The first kappa shape index (κ1) is 18.1. The molecule has 0 radical (unpaired) electrons. The third-order valence-corrected chi connectivity index (χ3v) is 5.94. The van der Waals surface area contributed by atoms with E-state index in [1.54, 1.807) is 0 Å². The maximum atomic E-state index is 12.4. The van der Waals surface area contributed by atoms with E-state index in [0.29, 0.717) is 12.3 Å². The molecule has 1 atom stereocenters. The van der Waals surface area contributed by atoms with Crippen molar-refractivity contribution in [3.8, 4) is 5.75 Å². The summed E-state index contributed by atoms with van der Waals surface area (Å²) in [4.78, 5) is 12.4. The van der Waals surface area contributed by atoms with Gasteiger partial charge in [0.15, 0.2) is 0 Å². The summed E-state index contributed by atoms with van der Waals surface area (Å²) in [6.07, 6.45) is 5.96. The molecule has 1 aliphatic carbocycles. The fourth-order valence-electron chi connectivity index (χ4n) is 2.96. The van der Waals surface area contributed by atoms with Gasteiger partial charge in [0, 0.05) is 0 Å². The number of ketones is 1. The number of carbonyl (C=O) groups is 1. The zero-order valence-electron chi connectivity index (χ0n) is 12.7. The van der Waals surface area contributed by atoms with Crippen LogP contribution in [-0.2, 0) is 18.3 Å². The van der Waals surface area contributed by atoms with Crippen LogP contribution in [0.5, 0.6) is 5.75 Å². The molecule has 0 amide bonds. The average Bonchev–Trinajstić information content (AvgIpc) is 2.53. The van der Waals surface area contributed by atoms with E-state index in [1.807, 2.05) is 35.8 Å². The Labute approximate surface area is 145 Å². The normalized spacial score (nSPS) is 17.7. The average molecular weight is 430 g/mol. The van der Waals surface area contributed by atoms with Gasteiger partial charge in [0.25, 0.3) is 0 Å². The summed E-state index contributed by atoms with van der Waals surface area (Å²) in [5.74, 6) is 1.24. The molecule has 1 aliphatic rings. The summed E-state index contributed by atoms with van der Waals surface area (Å²) in [5, 5.41) is 0. The van der Waals surface area contributed by atoms with Gasteiger partial charge in [-0.05, 0) is 0 Å². The summed E-state index contributed by atoms with van der Waals surface area (Å²) in [6.45, 7) is 1.90. The van der Waals surface area contributed by atoms with Gasteiger partial charge in [0.2, 0.25) is 0 Å². The van der Waals surface area contributed by atoms with Crippen molar-refractivity contribution >= 4 is 29.8 Å². The van der Waals surface area contributed by atoms with Crippen molar-refractivity contribution in [1.82, 2.24) is 0 Å². The molecule has 0 saturated heterocycles. The number of hydrogen-bond donors (Lipinski definition) is 0. The maximum absolute atomic E-state index is 12.4. The van der Waals surface area contributed by atoms with Gasteiger partial charge in [-0.1, -0.05) is 0 Å². The van der Waals surface area contributed by atoms with E-state index in [0.717, 1.165) is 24.2 Å². The molecule has 22 heavy (non-hydrogen) atoms. The number of Topliss-reactive ketones (excluding diaryl/α,β-unsaturated/α-hetero) is 1. The molecule has 1 fully saturated rings. The predicted molar refractivity (Wildman–Crippen MR) is 89.6 cm³/mol. The van der Waals surface area contributed by atoms with Crippen LogP contribution >= 0.6 is 19.4 Å². The van der Waals surface area contributed by atoms with Gasteiger partial charge in [0.1, 0.15) is 0 Å². The molecule has 5 heteroatoms. The molecule has 1 aromatic rings. The van der Waals surface area contributed by atoms with Crippen molar-refractivity contribution in [2.24, 2.45) is 5.92 Å². The first-order chi connectivity index (χ1) is 10.6. The minimum absolute atomic E-state index is 0.188. The Morgan fingerprint density at radius 2 is 2.00 bits per heavy atom. The van der Waals surface area contributed by atoms with Crippen LogP contribution in [0.1, 0.15) is 51.0 Å². The number of rotatable bonds is 6. The Morgan fingerprint density at radius 3 is 2.64 bits per heavy atom. The Hall–Kier alpha value is -0.237. The van der Waals surface area contributed by atoms with Crippen molar-refractivity contribution < 1.29 is 23.0 Å². The third-order valence-electron chi connectivity index (χ3n) is 4.10. The first-order valence-corrected chi connectivity index (χ1v) is 13.2. The number of carbonyl (C=O) groups excluding carboxylic acids is 1. The summed E-state index contributed by atoms with van der Waals surface area (Å²) in [7, 11) is 12.0. The van der Waals surface area contributed by atoms with Crippen molar-refractivity contribution in [3.63, 3.8) is 0 Å². The zero-order valence-corrected chi connectivity index (χ0v) is 16.0. The summed E-state index contributed by atoms with van der Waals surface area (Å²) < 4.78 is 8.04. The Balaban J connectivity index is 2.23. The molecule has 124 valence electrons. The topological polar surface area (TPSA) is 26.3 Å². The molecule has 0 N–H and O–H groups in total. The Morgan fingerprint density at radius 1 is 1.32 bits per heavy atom. The summed E-state index contributed by atoms with van der Waals surface area (Å²) in [5.41, 5.74) is 0.899. The summed E-state index contributed by atoms with van der Waals surface area (Å²) >= 11 is -1.92. The van der Waals surface area contributed by atoms with Crippen LogP contribution in [0.15, 0.2) is 24.3 Å². The molecule has 1 aromatic carbocycles. The van der Waals surface area contributed by atoms with Gasteiger partial charge in [-0.25, -0.2) is 0 Å². The van der Waals surface area contributed by atoms with Crippen LogP contribution in [0.25, 0.3) is 0 Å². The fourth-order valence-corrected chi connectivity index (χ4v) is 4.76. The number of halogens is 2. The van der Waals surface area contributed by atoms with Crippen LogP contribution in [-0.4, -0.2) is 16.5 Å². The quantitative estimate of drug-likeness (QED) is 0.590. The van der Waals surface area contributed by atoms with Crippen LogP contribution in [0.3, 0.4) is 0 Å². The van der Waals surface area contributed by atoms with E-state index in [-0.39, 0.29) is 11.9 Å².